The van der Waals surface area contributed by atoms with Crippen molar-refractivity contribution in [3.8, 4) is 0 Å². The van der Waals surface area contributed by atoms with E-state index >= 15 is 0 Å². The lowest BCUT2D eigenvalue weighted by atomic mass is 10.1. The van der Waals surface area contributed by atoms with Gasteiger partial charge < -0.3 is 4.74 Å². The lowest BCUT2D eigenvalue weighted by molar-refractivity contribution is -0.146. The van der Waals surface area contributed by atoms with E-state index in [0.29, 0.717) is 13.0 Å². The summed E-state index contributed by atoms with van der Waals surface area (Å²) in [5, 5.41) is 0. The zero-order valence-electron chi connectivity index (χ0n) is 12.6. The van der Waals surface area contributed by atoms with Gasteiger partial charge in [-0.05, 0) is 56.4 Å². The van der Waals surface area contributed by atoms with Crippen molar-refractivity contribution in [2.45, 2.75) is 44.0 Å². The summed E-state index contributed by atoms with van der Waals surface area (Å²) < 4.78 is 31.7. The Morgan fingerprint density at radius 1 is 1.19 bits per heavy atom. The molecule has 1 aliphatic heterocycles. The van der Waals surface area contributed by atoms with Crippen LogP contribution in [0, 0.1) is 13.8 Å². The number of esters is 1. The Bertz CT molecular complexity index is 619. The summed E-state index contributed by atoms with van der Waals surface area (Å²) in [4.78, 5) is 12.1. The molecule has 1 aliphatic rings. The highest BCUT2D eigenvalue weighted by molar-refractivity contribution is 7.89. The van der Waals surface area contributed by atoms with Crippen LogP contribution in [0.2, 0.25) is 0 Å². The average Bonchev–Trinajstić information content (AvgIpc) is 2.45. The van der Waals surface area contributed by atoms with Crippen molar-refractivity contribution in [3.63, 3.8) is 0 Å². The topological polar surface area (TPSA) is 63.7 Å². The molecule has 1 aromatic rings. The number of carbonyl (C=O) groups is 1. The van der Waals surface area contributed by atoms with Crippen LogP contribution in [0.5, 0.6) is 0 Å². The summed E-state index contributed by atoms with van der Waals surface area (Å²) in [7, 11) is -2.39. The molecule has 1 aromatic carbocycles. The van der Waals surface area contributed by atoms with Gasteiger partial charge in [0.25, 0.3) is 0 Å². The lowest BCUT2D eigenvalue weighted by Crippen LogP contribution is -2.48. The predicted octanol–water partition coefficient (Wildman–Crippen LogP) is 2.02. The largest absolute Gasteiger partial charge is 0.468 e. The summed E-state index contributed by atoms with van der Waals surface area (Å²) >= 11 is 0. The minimum absolute atomic E-state index is 0.246. The van der Waals surface area contributed by atoms with Crippen LogP contribution in [0.25, 0.3) is 0 Å². The maximum atomic E-state index is 12.8. The molecular formula is C15H21NO4S. The van der Waals surface area contributed by atoms with E-state index in [1.807, 2.05) is 19.9 Å². The highest BCUT2D eigenvalue weighted by Crippen LogP contribution is 2.27. The predicted molar refractivity (Wildman–Crippen MR) is 79.5 cm³/mol. The van der Waals surface area contributed by atoms with Gasteiger partial charge in [-0.15, -0.1) is 0 Å². The molecule has 0 saturated carbocycles. The zero-order chi connectivity index (χ0) is 15.6. The number of nitrogens with zero attached hydrogens (tertiary/aromatic N) is 1. The number of benzene rings is 1. The van der Waals surface area contributed by atoms with Gasteiger partial charge in [0.05, 0.1) is 12.0 Å². The second-order valence-electron chi connectivity index (χ2n) is 5.47. The molecule has 2 rings (SSSR count). The fourth-order valence-electron chi connectivity index (χ4n) is 2.78. The van der Waals surface area contributed by atoms with Gasteiger partial charge in [0, 0.05) is 6.54 Å². The lowest BCUT2D eigenvalue weighted by Gasteiger charge is -2.32. The van der Waals surface area contributed by atoms with E-state index in [0.717, 1.165) is 24.0 Å². The molecule has 0 bridgehead atoms. The summed E-state index contributed by atoms with van der Waals surface area (Å²) in [5.41, 5.74) is 1.78. The third-order valence-electron chi connectivity index (χ3n) is 3.73. The molecule has 0 radical (unpaired) electrons. The van der Waals surface area contributed by atoms with Crippen LogP contribution in [0.4, 0.5) is 0 Å². The number of ether oxygens (including phenoxy) is 1. The highest BCUT2D eigenvalue weighted by atomic mass is 32.2. The fraction of sp³-hybridized carbons (Fsp3) is 0.533. The van der Waals surface area contributed by atoms with Crippen molar-refractivity contribution < 1.29 is 17.9 Å². The third-order valence-corrected chi connectivity index (χ3v) is 5.61. The quantitative estimate of drug-likeness (QED) is 0.801. The number of hydrogen-bond acceptors (Lipinski definition) is 4. The van der Waals surface area contributed by atoms with Crippen molar-refractivity contribution in [1.82, 2.24) is 4.31 Å². The number of piperidine rings is 1. The number of aryl methyl sites for hydroxylation is 2. The first kappa shape index (κ1) is 16.0. The van der Waals surface area contributed by atoms with Gasteiger partial charge in [-0.1, -0.05) is 6.07 Å². The zero-order valence-corrected chi connectivity index (χ0v) is 13.4. The molecule has 1 saturated heterocycles. The SMILES string of the molecule is COC(=O)C1CCCCN1S(=O)(=O)c1cc(C)cc(C)c1. The molecule has 0 spiro atoms. The van der Waals surface area contributed by atoms with E-state index in [2.05, 4.69) is 0 Å². The van der Waals surface area contributed by atoms with Crippen LogP contribution in [-0.4, -0.2) is 38.4 Å². The Morgan fingerprint density at radius 3 is 2.38 bits per heavy atom. The molecule has 1 heterocycles. The van der Waals surface area contributed by atoms with Crippen molar-refractivity contribution in [3.05, 3.63) is 29.3 Å². The summed E-state index contributed by atoms with van der Waals surface area (Å²) in [5.74, 6) is -0.484. The minimum atomic E-state index is -3.68. The standard InChI is InChI=1S/C15H21NO4S/c1-11-8-12(2)10-13(9-11)21(18,19)16-7-5-4-6-14(16)15(17)20-3/h8-10,14H,4-7H2,1-3H3. The van der Waals surface area contributed by atoms with Gasteiger partial charge in [-0.2, -0.15) is 4.31 Å². The molecule has 1 unspecified atom stereocenters. The van der Waals surface area contributed by atoms with Crippen LogP contribution in [0.1, 0.15) is 30.4 Å². The Morgan fingerprint density at radius 2 is 1.81 bits per heavy atom. The Balaban J connectivity index is 2.42. The van der Waals surface area contributed by atoms with Crippen LogP contribution < -0.4 is 0 Å². The molecule has 5 nitrogen and oxygen atoms in total. The second-order valence-corrected chi connectivity index (χ2v) is 7.36. The number of carbonyl (C=O) groups excluding carboxylic acids is 1. The molecule has 0 aromatic heterocycles. The molecule has 0 amide bonds. The van der Waals surface area contributed by atoms with E-state index in [4.69, 9.17) is 4.74 Å². The van der Waals surface area contributed by atoms with Crippen molar-refractivity contribution in [2.24, 2.45) is 0 Å². The Labute approximate surface area is 126 Å². The van der Waals surface area contributed by atoms with Crippen LogP contribution >= 0.6 is 0 Å². The smallest absolute Gasteiger partial charge is 0.324 e. The average molecular weight is 311 g/mol. The van der Waals surface area contributed by atoms with Crippen LogP contribution in [0.15, 0.2) is 23.1 Å². The van der Waals surface area contributed by atoms with E-state index in [1.165, 1.54) is 11.4 Å². The molecule has 1 fully saturated rings. The number of rotatable bonds is 3. The molecule has 1 atom stereocenters. The van der Waals surface area contributed by atoms with E-state index in [-0.39, 0.29) is 4.90 Å². The van der Waals surface area contributed by atoms with Crippen molar-refractivity contribution in [1.29, 1.82) is 0 Å². The molecule has 0 aliphatic carbocycles. The number of methoxy groups -OCH3 is 1. The Kier molecular flexibility index (Phi) is 4.68. The number of sulfonamides is 1. The summed E-state index contributed by atoms with van der Waals surface area (Å²) in [6, 6.07) is 4.50. The maximum absolute atomic E-state index is 12.8. The molecule has 0 N–H and O–H groups in total. The van der Waals surface area contributed by atoms with E-state index in [9.17, 15) is 13.2 Å². The van der Waals surface area contributed by atoms with Crippen LogP contribution in [-0.2, 0) is 19.6 Å². The van der Waals surface area contributed by atoms with Crippen LogP contribution in [0.3, 0.4) is 0 Å². The molecular weight excluding hydrogens is 290 g/mol. The van der Waals surface area contributed by atoms with Gasteiger partial charge in [0.15, 0.2) is 0 Å². The first-order valence-electron chi connectivity index (χ1n) is 7.04. The molecule has 6 heteroatoms. The second kappa shape index (κ2) is 6.15. The van der Waals surface area contributed by atoms with E-state index in [1.54, 1.807) is 12.1 Å². The monoisotopic (exact) mass is 311 g/mol. The Hall–Kier alpha value is -1.40. The molecule has 21 heavy (non-hydrogen) atoms. The summed E-state index contributed by atoms with van der Waals surface area (Å²) in [6.07, 6.45) is 2.10. The maximum Gasteiger partial charge on any atom is 0.324 e. The van der Waals surface area contributed by atoms with E-state index < -0.39 is 22.0 Å². The minimum Gasteiger partial charge on any atom is -0.468 e. The molecule has 116 valence electrons. The van der Waals surface area contributed by atoms with Crippen molar-refractivity contribution >= 4 is 16.0 Å². The first-order chi connectivity index (χ1) is 9.86. The third kappa shape index (κ3) is 3.27. The van der Waals surface area contributed by atoms with Gasteiger partial charge >= 0.3 is 5.97 Å². The number of hydrogen-bond donors (Lipinski definition) is 0. The summed E-state index contributed by atoms with van der Waals surface area (Å²) in [6.45, 7) is 4.08. The van der Waals surface area contributed by atoms with Crippen molar-refractivity contribution in [2.75, 3.05) is 13.7 Å². The first-order valence-corrected chi connectivity index (χ1v) is 8.48. The van der Waals surface area contributed by atoms with Gasteiger partial charge in [0.1, 0.15) is 6.04 Å². The highest BCUT2D eigenvalue weighted by Gasteiger charge is 2.38. The van der Waals surface area contributed by atoms with Gasteiger partial charge in [0.2, 0.25) is 10.0 Å². The fourth-order valence-corrected chi connectivity index (χ4v) is 4.62. The normalized spacial score (nSPS) is 20.2. The van der Waals surface area contributed by atoms with Gasteiger partial charge in [-0.3, -0.25) is 4.79 Å². The van der Waals surface area contributed by atoms with Gasteiger partial charge in [-0.25, -0.2) is 8.42 Å².